The third kappa shape index (κ3) is 2.85. The van der Waals surface area contributed by atoms with Crippen molar-refractivity contribution < 1.29 is 4.74 Å². The maximum absolute atomic E-state index is 6.11. The second kappa shape index (κ2) is 5.81. The van der Waals surface area contributed by atoms with Gasteiger partial charge in [0, 0.05) is 5.75 Å². The van der Waals surface area contributed by atoms with E-state index in [9.17, 15) is 0 Å². The monoisotopic (exact) mass is 270 g/mol. The number of thioether (sulfide) groups is 1. The minimum atomic E-state index is -0.142. The fourth-order valence-electron chi connectivity index (χ4n) is 2.56. The summed E-state index contributed by atoms with van der Waals surface area (Å²) in [7, 11) is 0. The van der Waals surface area contributed by atoms with Gasteiger partial charge in [0.15, 0.2) is 0 Å². The van der Waals surface area contributed by atoms with Crippen molar-refractivity contribution in [1.82, 2.24) is 0 Å². The lowest BCUT2D eigenvalue weighted by Crippen LogP contribution is -2.22. The number of ether oxygens (including phenoxy) is 1. The van der Waals surface area contributed by atoms with E-state index in [4.69, 9.17) is 4.74 Å². The molecule has 1 aliphatic heterocycles. The number of rotatable bonds is 4. The van der Waals surface area contributed by atoms with Gasteiger partial charge < -0.3 is 4.74 Å². The fourth-order valence-corrected chi connectivity index (χ4v) is 3.77. The third-order valence-corrected chi connectivity index (χ3v) is 4.95. The molecule has 1 unspecified atom stereocenters. The Morgan fingerprint density at radius 2 is 1.63 bits per heavy atom. The number of hydrogen-bond acceptors (Lipinski definition) is 2. The molecule has 0 saturated carbocycles. The van der Waals surface area contributed by atoms with Crippen molar-refractivity contribution in [2.24, 2.45) is 0 Å². The summed E-state index contributed by atoms with van der Waals surface area (Å²) in [5.41, 5.74) is 2.68. The lowest BCUT2D eigenvalue weighted by atomic mass is 10.0. The van der Waals surface area contributed by atoms with E-state index in [1.807, 2.05) is 11.8 Å². The number of hydrogen-bond donors (Lipinski definition) is 0. The summed E-state index contributed by atoms with van der Waals surface area (Å²) in [4.78, 5) is -0.142. The number of benzene rings is 2. The topological polar surface area (TPSA) is 9.23 Å². The van der Waals surface area contributed by atoms with Gasteiger partial charge in [0.2, 0.25) is 0 Å². The van der Waals surface area contributed by atoms with Gasteiger partial charge in [-0.25, -0.2) is 0 Å². The summed E-state index contributed by atoms with van der Waals surface area (Å²) in [6, 6.07) is 21.3. The molecule has 3 rings (SSSR count). The van der Waals surface area contributed by atoms with Crippen molar-refractivity contribution in [3.05, 3.63) is 71.8 Å². The molecule has 2 aromatic carbocycles. The van der Waals surface area contributed by atoms with Crippen LogP contribution in [-0.4, -0.2) is 12.4 Å². The Bertz CT molecular complexity index is 503. The third-order valence-electron chi connectivity index (χ3n) is 3.55. The fraction of sp³-hybridized carbons (Fsp3) is 0.294. The molecule has 19 heavy (non-hydrogen) atoms. The Kier molecular flexibility index (Phi) is 3.90. The maximum Gasteiger partial charge on any atom is 0.139 e. The van der Waals surface area contributed by atoms with Gasteiger partial charge in [0.1, 0.15) is 4.93 Å². The summed E-state index contributed by atoms with van der Waals surface area (Å²) < 4.78 is 6.11. The molecular formula is C17H18OS. The SMILES string of the molecule is c1ccc(CCC2(c3ccccc3)OCCS2)cc1. The highest BCUT2D eigenvalue weighted by molar-refractivity contribution is 8.00. The van der Waals surface area contributed by atoms with Crippen molar-refractivity contribution >= 4 is 11.8 Å². The van der Waals surface area contributed by atoms with Crippen LogP contribution in [0.15, 0.2) is 60.7 Å². The van der Waals surface area contributed by atoms with Crippen molar-refractivity contribution in [3.8, 4) is 0 Å². The molecule has 0 bridgehead atoms. The first kappa shape index (κ1) is 12.8. The standard InChI is InChI=1S/C17H18OS/c1-3-7-15(8-4-1)11-12-17(18-13-14-19-17)16-9-5-2-6-10-16/h1-10H,11-14H2. The zero-order valence-corrected chi connectivity index (χ0v) is 11.7. The predicted octanol–water partition coefficient (Wildman–Crippen LogP) is 4.24. The molecule has 0 aromatic heterocycles. The second-order valence-electron chi connectivity index (χ2n) is 4.80. The van der Waals surface area contributed by atoms with Crippen LogP contribution in [-0.2, 0) is 16.1 Å². The van der Waals surface area contributed by atoms with Gasteiger partial charge >= 0.3 is 0 Å². The predicted molar refractivity (Wildman–Crippen MR) is 81.3 cm³/mol. The summed E-state index contributed by atoms with van der Waals surface area (Å²) >= 11 is 1.94. The molecule has 98 valence electrons. The van der Waals surface area contributed by atoms with Crippen LogP contribution in [0, 0.1) is 0 Å². The average Bonchev–Trinajstić information content (AvgIpc) is 2.97. The average molecular weight is 270 g/mol. The highest BCUT2D eigenvalue weighted by atomic mass is 32.2. The van der Waals surface area contributed by atoms with Crippen LogP contribution in [0.25, 0.3) is 0 Å². The largest absolute Gasteiger partial charge is 0.359 e. The van der Waals surface area contributed by atoms with Crippen LogP contribution in [0.1, 0.15) is 17.5 Å². The van der Waals surface area contributed by atoms with E-state index < -0.39 is 0 Å². The molecule has 1 nitrogen and oxygen atoms in total. The van der Waals surface area contributed by atoms with E-state index >= 15 is 0 Å². The summed E-state index contributed by atoms with van der Waals surface area (Å²) in [6.45, 7) is 0.856. The first-order chi connectivity index (χ1) is 9.39. The molecule has 0 amide bonds. The Balaban J connectivity index is 1.78. The molecule has 0 N–H and O–H groups in total. The van der Waals surface area contributed by atoms with Crippen molar-refractivity contribution in [2.45, 2.75) is 17.8 Å². The quantitative estimate of drug-likeness (QED) is 0.822. The summed E-state index contributed by atoms with van der Waals surface area (Å²) in [5, 5.41) is 0. The van der Waals surface area contributed by atoms with E-state index in [2.05, 4.69) is 60.7 Å². The Labute approximate surface area is 119 Å². The highest BCUT2D eigenvalue weighted by Gasteiger charge is 2.37. The van der Waals surface area contributed by atoms with Crippen LogP contribution >= 0.6 is 11.8 Å². The van der Waals surface area contributed by atoms with Crippen LogP contribution in [0.2, 0.25) is 0 Å². The van der Waals surface area contributed by atoms with Gasteiger partial charge in [-0.2, -0.15) is 0 Å². The molecule has 1 atom stereocenters. The van der Waals surface area contributed by atoms with Gasteiger partial charge in [0.05, 0.1) is 6.61 Å². The van der Waals surface area contributed by atoms with E-state index in [1.54, 1.807) is 0 Å². The Morgan fingerprint density at radius 1 is 0.947 bits per heavy atom. The smallest absolute Gasteiger partial charge is 0.139 e. The second-order valence-corrected chi connectivity index (χ2v) is 6.16. The molecule has 1 heterocycles. The highest BCUT2D eigenvalue weighted by Crippen LogP contribution is 2.45. The van der Waals surface area contributed by atoms with E-state index in [1.165, 1.54) is 11.1 Å². The van der Waals surface area contributed by atoms with Crippen molar-refractivity contribution in [1.29, 1.82) is 0 Å². The summed E-state index contributed by atoms with van der Waals surface area (Å²) in [6.07, 6.45) is 2.09. The maximum atomic E-state index is 6.11. The van der Waals surface area contributed by atoms with Crippen LogP contribution in [0.3, 0.4) is 0 Å². The molecular weight excluding hydrogens is 252 g/mol. The minimum Gasteiger partial charge on any atom is -0.359 e. The van der Waals surface area contributed by atoms with Crippen molar-refractivity contribution in [3.63, 3.8) is 0 Å². The van der Waals surface area contributed by atoms with E-state index in [0.29, 0.717) is 0 Å². The van der Waals surface area contributed by atoms with Gasteiger partial charge in [-0.15, -0.1) is 11.8 Å². The number of aryl methyl sites for hydroxylation is 1. The molecule has 1 fully saturated rings. The first-order valence-corrected chi connectivity index (χ1v) is 7.75. The zero-order valence-electron chi connectivity index (χ0n) is 10.9. The molecule has 2 heteroatoms. The van der Waals surface area contributed by atoms with E-state index in [0.717, 1.165) is 25.2 Å². The lowest BCUT2D eigenvalue weighted by Gasteiger charge is -2.28. The lowest BCUT2D eigenvalue weighted by molar-refractivity contribution is 0.0429. The van der Waals surface area contributed by atoms with Gasteiger partial charge in [-0.1, -0.05) is 60.7 Å². The van der Waals surface area contributed by atoms with Gasteiger partial charge in [-0.3, -0.25) is 0 Å². The van der Waals surface area contributed by atoms with Crippen LogP contribution in [0.4, 0.5) is 0 Å². The van der Waals surface area contributed by atoms with Crippen LogP contribution in [0.5, 0.6) is 0 Å². The minimum absolute atomic E-state index is 0.142. The zero-order chi connectivity index (χ0) is 13.0. The van der Waals surface area contributed by atoms with Crippen LogP contribution < -0.4 is 0 Å². The molecule has 0 spiro atoms. The molecule has 1 saturated heterocycles. The summed E-state index contributed by atoms with van der Waals surface area (Å²) in [5.74, 6) is 1.09. The molecule has 1 aliphatic rings. The normalized spacial score (nSPS) is 22.5. The van der Waals surface area contributed by atoms with Gasteiger partial charge in [-0.05, 0) is 24.0 Å². The molecule has 0 radical (unpaired) electrons. The van der Waals surface area contributed by atoms with E-state index in [-0.39, 0.29) is 4.93 Å². The Hall–Kier alpha value is -1.25. The van der Waals surface area contributed by atoms with Gasteiger partial charge in [0.25, 0.3) is 0 Å². The molecule has 0 aliphatic carbocycles. The molecule has 2 aromatic rings. The van der Waals surface area contributed by atoms with Crippen molar-refractivity contribution in [2.75, 3.05) is 12.4 Å². The first-order valence-electron chi connectivity index (χ1n) is 6.76. The Morgan fingerprint density at radius 3 is 2.26 bits per heavy atom.